The second-order valence-electron chi connectivity index (χ2n) is 3.76. The first-order valence-electron chi connectivity index (χ1n) is 5.11. The molecule has 1 aromatic carbocycles. The highest BCUT2D eigenvalue weighted by Gasteiger charge is 2.20. The Kier molecular flexibility index (Phi) is 4.69. The maximum atomic E-state index is 14.1. The third kappa shape index (κ3) is 3.03. The number of nitrogens with zero attached hydrogens (tertiary/aromatic N) is 1. The molecule has 0 aliphatic carbocycles. The number of hydrogen-bond donors (Lipinski definition) is 1. The summed E-state index contributed by atoms with van der Waals surface area (Å²) in [7, 11) is 0. The lowest BCUT2D eigenvalue weighted by Gasteiger charge is -2.15. The zero-order valence-electron chi connectivity index (χ0n) is 9.30. The van der Waals surface area contributed by atoms with Crippen LogP contribution in [-0.4, -0.2) is 4.98 Å². The summed E-state index contributed by atoms with van der Waals surface area (Å²) in [5.41, 5.74) is 6.53. The second kappa shape index (κ2) is 5.94. The van der Waals surface area contributed by atoms with E-state index >= 15 is 0 Å². The number of aromatic nitrogens is 1. The van der Waals surface area contributed by atoms with Crippen molar-refractivity contribution >= 4 is 50.7 Å². The van der Waals surface area contributed by atoms with E-state index in [1.165, 1.54) is 18.3 Å². The fraction of sp³-hybridized carbons (Fsp3) is 0.0833. The number of rotatable bonds is 2. The Labute approximate surface area is 132 Å². The Bertz CT molecular complexity index is 637. The van der Waals surface area contributed by atoms with Gasteiger partial charge in [0.05, 0.1) is 26.8 Å². The molecule has 19 heavy (non-hydrogen) atoms. The molecule has 0 radical (unpaired) electrons. The Hall–Kier alpha value is -0.390. The van der Waals surface area contributed by atoms with Crippen molar-refractivity contribution in [2.24, 2.45) is 5.73 Å². The molecule has 0 saturated carbocycles. The van der Waals surface area contributed by atoms with Crippen molar-refractivity contribution in [2.75, 3.05) is 0 Å². The molecule has 0 amide bonds. The van der Waals surface area contributed by atoms with Gasteiger partial charge in [-0.1, -0.05) is 40.9 Å². The maximum absolute atomic E-state index is 14.1. The van der Waals surface area contributed by atoms with Gasteiger partial charge in [0, 0.05) is 16.2 Å². The van der Waals surface area contributed by atoms with E-state index in [2.05, 4.69) is 20.9 Å². The fourth-order valence-corrected chi connectivity index (χ4v) is 2.56. The number of pyridine rings is 1. The van der Waals surface area contributed by atoms with Crippen LogP contribution in [0.1, 0.15) is 17.3 Å². The molecule has 2 rings (SSSR count). The Morgan fingerprint density at radius 3 is 2.58 bits per heavy atom. The van der Waals surface area contributed by atoms with Gasteiger partial charge in [0.2, 0.25) is 0 Å². The van der Waals surface area contributed by atoms with Gasteiger partial charge in [-0.3, -0.25) is 4.98 Å². The molecule has 0 fully saturated rings. The molecular weight excluding hydrogens is 377 g/mol. The molecule has 2 N–H and O–H groups in total. The van der Waals surface area contributed by atoms with Crippen LogP contribution in [0.25, 0.3) is 0 Å². The summed E-state index contributed by atoms with van der Waals surface area (Å²) in [6.45, 7) is 0. The minimum absolute atomic E-state index is 0.0296. The lowest BCUT2D eigenvalue weighted by atomic mass is 10.0. The first-order chi connectivity index (χ1) is 8.91. The second-order valence-corrected chi connectivity index (χ2v) is 5.84. The summed E-state index contributed by atoms with van der Waals surface area (Å²) in [6, 6.07) is 3.83. The van der Waals surface area contributed by atoms with Crippen molar-refractivity contribution in [1.82, 2.24) is 4.98 Å². The van der Waals surface area contributed by atoms with Crippen LogP contribution in [0.4, 0.5) is 4.39 Å². The lowest BCUT2D eigenvalue weighted by molar-refractivity contribution is 0.597. The van der Waals surface area contributed by atoms with Gasteiger partial charge in [0.1, 0.15) is 5.82 Å². The largest absolute Gasteiger partial charge is 0.319 e. The van der Waals surface area contributed by atoms with Crippen LogP contribution in [0.2, 0.25) is 15.1 Å². The minimum atomic E-state index is -0.824. The molecule has 1 atom stereocenters. The van der Waals surface area contributed by atoms with Crippen molar-refractivity contribution < 1.29 is 4.39 Å². The summed E-state index contributed by atoms with van der Waals surface area (Å²) < 4.78 is 14.5. The molecule has 0 bridgehead atoms. The van der Waals surface area contributed by atoms with Crippen molar-refractivity contribution in [3.8, 4) is 0 Å². The van der Waals surface area contributed by atoms with Gasteiger partial charge < -0.3 is 5.73 Å². The quantitative estimate of drug-likeness (QED) is 0.741. The van der Waals surface area contributed by atoms with Crippen molar-refractivity contribution in [1.29, 1.82) is 0 Å². The summed E-state index contributed by atoms with van der Waals surface area (Å²) in [5.74, 6) is -0.601. The molecule has 0 saturated heterocycles. The van der Waals surface area contributed by atoms with Crippen LogP contribution < -0.4 is 5.73 Å². The van der Waals surface area contributed by atoms with E-state index in [0.717, 1.165) is 0 Å². The van der Waals surface area contributed by atoms with Gasteiger partial charge in [0.25, 0.3) is 0 Å². The maximum Gasteiger partial charge on any atom is 0.148 e. The molecule has 0 spiro atoms. The standard InChI is InChI=1S/C12H7BrCl3FN2/c13-7-2-1-6(10(17)9(7)16)11(18)12-8(15)3-5(14)4-19-12/h1-4,11H,18H2. The van der Waals surface area contributed by atoms with E-state index in [1.54, 1.807) is 6.07 Å². The fourth-order valence-electron chi connectivity index (χ4n) is 1.58. The third-order valence-electron chi connectivity index (χ3n) is 2.53. The van der Waals surface area contributed by atoms with E-state index in [9.17, 15) is 4.39 Å². The summed E-state index contributed by atoms with van der Waals surface area (Å²) >= 11 is 20.7. The van der Waals surface area contributed by atoms with E-state index in [1.807, 2.05) is 0 Å². The van der Waals surface area contributed by atoms with Crippen LogP contribution in [0.5, 0.6) is 0 Å². The zero-order valence-corrected chi connectivity index (χ0v) is 13.2. The highest BCUT2D eigenvalue weighted by Crippen LogP contribution is 2.33. The van der Waals surface area contributed by atoms with Gasteiger partial charge in [-0.15, -0.1) is 0 Å². The molecule has 1 unspecified atom stereocenters. The molecule has 2 aromatic rings. The van der Waals surface area contributed by atoms with Crippen molar-refractivity contribution in [2.45, 2.75) is 6.04 Å². The van der Waals surface area contributed by atoms with Crippen LogP contribution >= 0.6 is 50.7 Å². The summed E-state index contributed by atoms with van der Waals surface area (Å²) in [5, 5.41) is 0.631. The Morgan fingerprint density at radius 1 is 1.26 bits per heavy atom. The molecule has 100 valence electrons. The van der Waals surface area contributed by atoms with Gasteiger partial charge in [0.15, 0.2) is 0 Å². The first-order valence-corrected chi connectivity index (χ1v) is 7.04. The summed E-state index contributed by atoms with van der Waals surface area (Å²) in [4.78, 5) is 4.04. The first kappa shape index (κ1) is 15.0. The SMILES string of the molecule is NC(c1ccc(Br)c(Cl)c1F)c1ncc(Cl)cc1Cl. The number of halogens is 5. The molecule has 1 heterocycles. The Balaban J connectivity index is 2.50. The zero-order chi connectivity index (χ0) is 14.2. The van der Waals surface area contributed by atoms with E-state index in [4.69, 9.17) is 40.5 Å². The topological polar surface area (TPSA) is 38.9 Å². The normalized spacial score (nSPS) is 12.5. The van der Waals surface area contributed by atoms with E-state index in [-0.39, 0.29) is 15.6 Å². The average Bonchev–Trinajstić information content (AvgIpc) is 2.35. The average molecular weight is 384 g/mol. The van der Waals surface area contributed by atoms with Crippen LogP contribution in [0.3, 0.4) is 0 Å². The van der Waals surface area contributed by atoms with Crippen LogP contribution in [-0.2, 0) is 0 Å². The highest BCUT2D eigenvalue weighted by atomic mass is 79.9. The van der Waals surface area contributed by atoms with Gasteiger partial charge in [-0.05, 0) is 28.1 Å². The van der Waals surface area contributed by atoms with Crippen molar-refractivity contribution in [3.63, 3.8) is 0 Å². The molecular formula is C12H7BrCl3FN2. The molecule has 0 aliphatic rings. The lowest BCUT2D eigenvalue weighted by Crippen LogP contribution is -2.16. The molecule has 1 aromatic heterocycles. The van der Waals surface area contributed by atoms with Gasteiger partial charge in [-0.25, -0.2) is 4.39 Å². The highest BCUT2D eigenvalue weighted by molar-refractivity contribution is 9.10. The number of hydrogen-bond acceptors (Lipinski definition) is 2. The molecule has 7 heteroatoms. The monoisotopic (exact) mass is 382 g/mol. The van der Waals surface area contributed by atoms with Gasteiger partial charge >= 0.3 is 0 Å². The number of nitrogens with two attached hydrogens (primary N) is 1. The number of benzene rings is 1. The Morgan fingerprint density at radius 2 is 1.95 bits per heavy atom. The smallest absolute Gasteiger partial charge is 0.148 e. The third-order valence-corrected chi connectivity index (χ3v) is 4.30. The van der Waals surface area contributed by atoms with E-state index < -0.39 is 11.9 Å². The van der Waals surface area contributed by atoms with Crippen molar-refractivity contribution in [3.05, 3.63) is 61.0 Å². The predicted octanol–water partition coefficient (Wildman–Crippen LogP) is 4.99. The molecule has 0 aliphatic heterocycles. The molecule has 2 nitrogen and oxygen atoms in total. The van der Waals surface area contributed by atoms with Crippen LogP contribution in [0.15, 0.2) is 28.9 Å². The predicted molar refractivity (Wildman–Crippen MR) is 79.4 cm³/mol. The van der Waals surface area contributed by atoms with Crippen LogP contribution in [0, 0.1) is 5.82 Å². The minimum Gasteiger partial charge on any atom is -0.319 e. The van der Waals surface area contributed by atoms with Gasteiger partial charge in [-0.2, -0.15) is 0 Å². The summed E-state index contributed by atoms with van der Waals surface area (Å²) in [6.07, 6.45) is 1.40. The van der Waals surface area contributed by atoms with E-state index in [0.29, 0.717) is 15.2 Å².